The molecule has 0 aliphatic rings. The molecule has 0 rings (SSSR count). The van der Waals surface area contributed by atoms with Gasteiger partial charge in [-0.3, -0.25) is 37.3 Å². The average Bonchev–Trinajstić information content (AvgIpc) is 1.75. The predicted octanol–water partition coefficient (Wildman–Crippen LogP) is 21.8. The first-order chi connectivity index (χ1) is 45.2. The number of phosphoric acid groups is 2. The van der Waals surface area contributed by atoms with Gasteiger partial charge in [-0.05, 0) is 43.4 Å². The molecule has 0 bridgehead atoms. The summed E-state index contributed by atoms with van der Waals surface area (Å²) in [7, 11) is -9.91. The number of aliphatic hydroxyl groups is 1. The van der Waals surface area contributed by atoms with E-state index in [1.807, 2.05) is 0 Å². The zero-order valence-corrected chi connectivity index (χ0v) is 63.2. The van der Waals surface area contributed by atoms with Crippen LogP contribution in [0.4, 0.5) is 0 Å². The van der Waals surface area contributed by atoms with Gasteiger partial charge in [0.1, 0.15) is 19.3 Å². The number of carbonyl (C=O) groups excluding carboxylic acids is 4. The summed E-state index contributed by atoms with van der Waals surface area (Å²) in [4.78, 5) is 72.8. The number of aliphatic hydroxyl groups excluding tert-OH is 1. The molecule has 5 atom stereocenters. The number of esters is 4. The zero-order chi connectivity index (χ0) is 69.4. The third-order valence-electron chi connectivity index (χ3n) is 17.4. The molecule has 0 spiro atoms. The van der Waals surface area contributed by atoms with E-state index < -0.39 is 97.5 Å². The Balaban J connectivity index is 5.24. The van der Waals surface area contributed by atoms with E-state index >= 15 is 0 Å². The van der Waals surface area contributed by atoms with Gasteiger partial charge in [-0.2, -0.15) is 0 Å². The lowest BCUT2D eigenvalue weighted by Gasteiger charge is -2.21. The average molecular weight is 1380 g/mol. The molecule has 2 unspecified atom stereocenters. The summed E-state index contributed by atoms with van der Waals surface area (Å²) >= 11 is 0. The summed E-state index contributed by atoms with van der Waals surface area (Å²) in [5.41, 5.74) is 0. The predicted molar refractivity (Wildman–Crippen MR) is 381 cm³/mol. The summed E-state index contributed by atoms with van der Waals surface area (Å²) in [6, 6.07) is 0. The summed E-state index contributed by atoms with van der Waals surface area (Å²) in [5, 5.41) is 10.6. The van der Waals surface area contributed by atoms with Crippen LogP contribution in [-0.4, -0.2) is 96.7 Å². The van der Waals surface area contributed by atoms with Crippen molar-refractivity contribution >= 4 is 39.5 Å². The van der Waals surface area contributed by atoms with Crippen LogP contribution in [0.5, 0.6) is 0 Å². The lowest BCUT2D eigenvalue weighted by molar-refractivity contribution is -0.161. The first-order valence-corrected chi connectivity index (χ1v) is 41.8. The van der Waals surface area contributed by atoms with Crippen molar-refractivity contribution in [1.29, 1.82) is 0 Å². The molecule has 3 N–H and O–H groups in total. The SMILES string of the molecule is CCCCCCCCCCCCCCC(=O)OC[C@H](COP(=O)(O)OC[C@H](O)COP(=O)(O)OC[C@@H](COC(=O)CCCCCCCCCCCC(C)C)OC(=O)CCCCCCCCCCCCCCCCCC(C)C)OC(=O)CCCCCCCCCCCC(C)C. The van der Waals surface area contributed by atoms with Gasteiger partial charge in [-0.15, -0.1) is 0 Å². The van der Waals surface area contributed by atoms with Gasteiger partial charge in [0.2, 0.25) is 0 Å². The Morgan fingerprint density at radius 2 is 0.489 bits per heavy atom. The number of ether oxygens (including phenoxy) is 4. The molecule has 0 fully saturated rings. The number of phosphoric ester groups is 2. The smallest absolute Gasteiger partial charge is 0.462 e. The molecule has 17 nitrogen and oxygen atoms in total. The standard InChI is InChI=1S/C75H146O17P2/c1-8-9-10-11-12-13-14-21-28-35-42-49-56-72(77)85-62-71(92-75(80)59-52-45-38-31-24-27-34-41-48-55-68(6)7)65-90-94(83,84)88-61-69(76)60-87-93(81,82)89-64-70(63-86-73(78)57-50-43-36-30-23-26-33-40-47-54-67(4)5)91-74(79)58-51-44-37-29-22-19-17-15-16-18-20-25-32-39-46-53-66(2)3/h66-71,76H,8-65H2,1-7H3,(H,81,82)(H,83,84)/t69-,70-,71-/m1/s1. The van der Waals surface area contributed by atoms with Crippen molar-refractivity contribution in [2.75, 3.05) is 39.6 Å². The second kappa shape index (κ2) is 65.7. The third-order valence-corrected chi connectivity index (χ3v) is 19.3. The first kappa shape index (κ1) is 92.1. The number of unbranched alkanes of at least 4 members (excludes halogenated alkanes) is 41. The van der Waals surface area contributed by atoms with E-state index in [4.69, 9.17) is 37.0 Å². The third kappa shape index (κ3) is 68.6. The number of rotatable bonds is 73. The Morgan fingerprint density at radius 3 is 0.723 bits per heavy atom. The fraction of sp³-hybridized carbons (Fsp3) is 0.947. The van der Waals surface area contributed by atoms with E-state index in [2.05, 4.69) is 48.5 Å². The van der Waals surface area contributed by atoms with Crippen LogP contribution in [0.1, 0.15) is 382 Å². The normalized spacial score (nSPS) is 14.1. The number of hydrogen-bond acceptors (Lipinski definition) is 15. The first-order valence-electron chi connectivity index (χ1n) is 38.8. The highest BCUT2D eigenvalue weighted by Crippen LogP contribution is 2.45. The minimum atomic E-state index is -4.96. The van der Waals surface area contributed by atoms with Gasteiger partial charge in [0.25, 0.3) is 0 Å². The van der Waals surface area contributed by atoms with Crippen LogP contribution >= 0.6 is 15.6 Å². The fourth-order valence-corrected chi connectivity index (χ4v) is 13.0. The molecular formula is C75H146O17P2. The number of hydrogen-bond donors (Lipinski definition) is 3. The summed E-state index contributed by atoms with van der Waals surface area (Å²) < 4.78 is 68.5. The van der Waals surface area contributed by atoms with Gasteiger partial charge in [0.05, 0.1) is 26.4 Å². The van der Waals surface area contributed by atoms with E-state index in [1.165, 1.54) is 193 Å². The number of carbonyl (C=O) groups is 4. The monoisotopic (exact) mass is 1380 g/mol. The molecule has 0 radical (unpaired) electrons. The lowest BCUT2D eigenvalue weighted by Crippen LogP contribution is -2.30. The molecule has 19 heteroatoms. The maximum absolute atomic E-state index is 13.1. The van der Waals surface area contributed by atoms with Crippen LogP contribution in [0.2, 0.25) is 0 Å². The van der Waals surface area contributed by atoms with E-state index in [9.17, 15) is 43.2 Å². The van der Waals surface area contributed by atoms with Crippen molar-refractivity contribution in [3.8, 4) is 0 Å². The van der Waals surface area contributed by atoms with E-state index in [1.54, 1.807) is 0 Å². The minimum absolute atomic E-state index is 0.105. The van der Waals surface area contributed by atoms with Crippen molar-refractivity contribution < 1.29 is 80.2 Å². The summed E-state index contributed by atoms with van der Waals surface area (Å²) in [6.45, 7) is 11.9. The fourth-order valence-electron chi connectivity index (χ4n) is 11.4. The molecule has 0 saturated carbocycles. The Hall–Kier alpha value is -1.94. The van der Waals surface area contributed by atoms with Crippen LogP contribution in [0.15, 0.2) is 0 Å². The Labute approximate surface area is 575 Å². The molecule has 94 heavy (non-hydrogen) atoms. The van der Waals surface area contributed by atoms with Crippen LogP contribution in [0.25, 0.3) is 0 Å². The lowest BCUT2D eigenvalue weighted by atomic mass is 10.0. The molecule has 0 aromatic rings. The Bertz CT molecular complexity index is 1840. The highest BCUT2D eigenvalue weighted by Gasteiger charge is 2.30. The molecule has 0 saturated heterocycles. The Kier molecular flexibility index (Phi) is 64.3. The highest BCUT2D eigenvalue weighted by molar-refractivity contribution is 7.47. The Morgan fingerprint density at radius 1 is 0.287 bits per heavy atom. The molecule has 0 heterocycles. The van der Waals surface area contributed by atoms with Crippen molar-refractivity contribution in [1.82, 2.24) is 0 Å². The van der Waals surface area contributed by atoms with Gasteiger partial charge >= 0.3 is 39.5 Å². The van der Waals surface area contributed by atoms with Gasteiger partial charge in [-0.1, -0.05) is 331 Å². The highest BCUT2D eigenvalue weighted by atomic mass is 31.2. The second-order valence-corrected chi connectivity index (χ2v) is 31.4. The quantitative estimate of drug-likeness (QED) is 0.0222. The van der Waals surface area contributed by atoms with Crippen LogP contribution in [0, 0.1) is 17.8 Å². The molecule has 0 aliphatic carbocycles. The molecule has 0 aromatic heterocycles. The summed E-state index contributed by atoms with van der Waals surface area (Å²) in [6.07, 6.45) is 51.3. The minimum Gasteiger partial charge on any atom is -0.462 e. The van der Waals surface area contributed by atoms with Gasteiger partial charge in [-0.25, -0.2) is 9.13 Å². The van der Waals surface area contributed by atoms with Crippen molar-refractivity contribution in [3.05, 3.63) is 0 Å². The maximum atomic E-state index is 13.1. The largest absolute Gasteiger partial charge is 0.472 e. The van der Waals surface area contributed by atoms with Gasteiger partial charge in [0, 0.05) is 25.7 Å². The van der Waals surface area contributed by atoms with Gasteiger partial charge < -0.3 is 33.8 Å². The summed E-state index contributed by atoms with van der Waals surface area (Å²) in [5.74, 6) is 0.164. The van der Waals surface area contributed by atoms with E-state index in [0.29, 0.717) is 25.7 Å². The van der Waals surface area contributed by atoms with Gasteiger partial charge in [0.15, 0.2) is 12.2 Å². The van der Waals surface area contributed by atoms with Crippen LogP contribution in [-0.2, 0) is 65.4 Å². The molecule has 0 aliphatic heterocycles. The topological polar surface area (TPSA) is 237 Å². The second-order valence-electron chi connectivity index (χ2n) is 28.5. The van der Waals surface area contributed by atoms with Crippen LogP contribution in [0.3, 0.4) is 0 Å². The molecule has 558 valence electrons. The molecule has 0 amide bonds. The van der Waals surface area contributed by atoms with Crippen molar-refractivity contribution in [2.24, 2.45) is 17.8 Å². The maximum Gasteiger partial charge on any atom is 0.472 e. The van der Waals surface area contributed by atoms with Crippen molar-refractivity contribution in [3.63, 3.8) is 0 Å². The van der Waals surface area contributed by atoms with Crippen LogP contribution < -0.4 is 0 Å². The zero-order valence-electron chi connectivity index (χ0n) is 61.4. The van der Waals surface area contributed by atoms with Crippen molar-refractivity contribution in [2.45, 2.75) is 401 Å². The van der Waals surface area contributed by atoms with E-state index in [0.717, 1.165) is 108 Å². The molecular weight excluding hydrogens is 1230 g/mol. The van der Waals surface area contributed by atoms with E-state index in [-0.39, 0.29) is 25.7 Å². The molecule has 0 aromatic carbocycles.